The fourth-order valence-electron chi connectivity index (χ4n) is 1.00. The van der Waals surface area contributed by atoms with Gasteiger partial charge in [0.2, 0.25) is 0 Å². The Kier molecular flexibility index (Phi) is 7.12. The van der Waals surface area contributed by atoms with Crippen molar-refractivity contribution in [3.8, 4) is 0 Å². The predicted octanol–water partition coefficient (Wildman–Crippen LogP) is -1.51. The second-order valence-electron chi connectivity index (χ2n) is 2.82. The molecule has 13 heavy (non-hydrogen) atoms. The summed E-state index contributed by atoms with van der Waals surface area (Å²) in [6.45, 7) is 1.43. The van der Waals surface area contributed by atoms with Gasteiger partial charge >= 0.3 is 0 Å². The van der Waals surface area contributed by atoms with Crippen LogP contribution in [0.15, 0.2) is 0 Å². The molecule has 0 amide bonds. The summed E-state index contributed by atoms with van der Waals surface area (Å²) >= 11 is 0. The average molecular weight is 194 g/mol. The van der Waals surface area contributed by atoms with Crippen molar-refractivity contribution in [1.82, 2.24) is 0 Å². The lowest BCUT2D eigenvalue weighted by molar-refractivity contribution is -0.0773. The summed E-state index contributed by atoms with van der Waals surface area (Å²) in [7, 11) is 0. The van der Waals surface area contributed by atoms with E-state index in [9.17, 15) is 5.11 Å². The maximum atomic E-state index is 9.39. The molecule has 0 rings (SSSR count). The summed E-state index contributed by atoms with van der Waals surface area (Å²) in [4.78, 5) is 0. The van der Waals surface area contributed by atoms with Gasteiger partial charge in [-0.05, 0) is 6.92 Å². The zero-order valence-electron chi connectivity index (χ0n) is 7.76. The van der Waals surface area contributed by atoms with Gasteiger partial charge < -0.3 is 25.2 Å². The lowest BCUT2D eigenvalue weighted by atomic mass is 10.1. The molecule has 3 atom stereocenters. The number of ether oxygens (including phenoxy) is 1. The van der Waals surface area contributed by atoms with Crippen LogP contribution in [-0.4, -0.2) is 58.6 Å². The monoisotopic (exact) mass is 194 g/mol. The Morgan fingerprint density at radius 2 is 1.77 bits per heavy atom. The summed E-state index contributed by atoms with van der Waals surface area (Å²) in [6.07, 6.45) is -2.61. The van der Waals surface area contributed by atoms with Crippen LogP contribution in [-0.2, 0) is 4.74 Å². The van der Waals surface area contributed by atoms with Gasteiger partial charge in [0.15, 0.2) is 0 Å². The highest BCUT2D eigenvalue weighted by Gasteiger charge is 2.21. The van der Waals surface area contributed by atoms with Crippen molar-refractivity contribution in [2.24, 2.45) is 0 Å². The third kappa shape index (κ3) is 5.17. The predicted molar refractivity (Wildman–Crippen MR) is 46.2 cm³/mol. The van der Waals surface area contributed by atoms with Crippen LogP contribution in [0.25, 0.3) is 0 Å². The van der Waals surface area contributed by atoms with Gasteiger partial charge in [-0.15, -0.1) is 0 Å². The lowest BCUT2D eigenvalue weighted by Crippen LogP contribution is -2.36. The summed E-state index contributed by atoms with van der Waals surface area (Å²) in [5, 5.41) is 35.7. The molecule has 5 nitrogen and oxygen atoms in total. The molecule has 0 aliphatic carbocycles. The Labute approximate surface area is 77.6 Å². The van der Waals surface area contributed by atoms with Gasteiger partial charge in [0.1, 0.15) is 6.10 Å². The van der Waals surface area contributed by atoms with E-state index in [0.717, 1.165) is 0 Å². The quantitative estimate of drug-likeness (QED) is 0.395. The summed E-state index contributed by atoms with van der Waals surface area (Å²) in [5.41, 5.74) is 0. The van der Waals surface area contributed by atoms with E-state index in [4.69, 9.17) is 20.1 Å². The van der Waals surface area contributed by atoms with Crippen LogP contribution in [0.1, 0.15) is 13.3 Å². The van der Waals surface area contributed by atoms with E-state index in [-0.39, 0.29) is 13.0 Å². The van der Waals surface area contributed by atoms with E-state index in [1.165, 1.54) is 0 Å². The SMILES string of the molecule is CCOC(CO)[C@H](O)CC(O)CO. The topological polar surface area (TPSA) is 90.2 Å². The molecular weight excluding hydrogens is 176 g/mol. The van der Waals surface area contributed by atoms with Crippen LogP contribution in [0, 0.1) is 0 Å². The van der Waals surface area contributed by atoms with Gasteiger partial charge in [0.25, 0.3) is 0 Å². The zero-order chi connectivity index (χ0) is 10.3. The smallest absolute Gasteiger partial charge is 0.106 e. The van der Waals surface area contributed by atoms with E-state index in [1.54, 1.807) is 6.92 Å². The molecule has 2 unspecified atom stereocenters. The zero-order valence-corrected chi connectivity index (χ0v) is 7.76. The fraction of sp³-hybridized carbons (Fsp3) is 1.00. The maximum absolute atomic E-state index is 9.39. The van der Waals surface area contributed by atoms with Gasteiger partial charge in [-0.1, -0.05) is 0 Å². The van der Waals surface area contributed by atoms with Gasteiger partial charge in [0, 0.05) is 13.0 Å². The summed E-state index contributed by atoms with van der Waals surface area (Å²) < 4.78 is 5.01. The van der Waals surface area contributed by atoms with Crippen molar-refractivity contribution in [3.05, 3.63) is 0 Å². The molecule has 80 valence electrons. The summed E-state index contributed by atoms with van der Waals surface area (Å²) in [6, 6.07) is 0. The van der Waals surface area contributed by atoms with Crippen molar-refractivity contribution >= 4 is 0 Å². The third-order valence-corrected chi connectivity index (χ3v) is 1.71. The average Bonchev–Trinajstić information content (AvgIpc) is 2.13. The van der Waals surface area contributed by atoms with Gasteiger partial charge in [-0.25, -0.2) is 0 Å². The minimum Gasteiger partial charge on any atom is -0.394 e. The largest absolute Gasteiger partial charge is 0.394 e. The maximum Gasteiger partial charge on any atom is 0.106 e. The molecule has 0 saturated carbocycles. The first-order valence-electron chi connectivity index (χ1n) is 4.35. The molecule has 0 radical (unpaired) electrons. The van der Waals surface area contributed by atoms with E-state index in [0.29, 0.717) is 6.61 Å². The highest BCUT2D eigenvalue weighted by atomic mass is 16.5. The Morgan fingerprint density at radius 1 is 1.15 bits per heavy atom. The number of hydrogen-bond acceptors (Lipinski definition) is 5. The van der Waals surface area contributed by atoms with Gasteiger partial charge in [-0.3, -0.25) is 0 Å². The molecule has 0 aliphatic heterocycles. The van der Waals surface area contributed by atoms with Crippen LogP contribution < -0.4 is 0 Å². The van der Waals surface area contributed by atoms with Gasteiger partial charge in [0.05, 0.1) is 25.4 Å². The van der Waals surface area contributed by atoms with E-state index >= 15 is 0 Å². The van der Waals surface area contributed by atoms with E-state index in [1.807, 2.05) is 0 Å². The van der Waals surface area contributed by atoms with Crippen LogP contribution >= 0.6 is 0 Å². The third-order valence-electron chi connectivity index (χ3n) is 1.71. The Balaban J connectivity index is 3.82. The Morgan fingerprint density at radius 3 is 2.15 bits per heavy atom. The highest BCUT2D eigenvalue weighted by molar-refractivity contribution is 4.71. The highest BCUT2D eigenvalue weighted by Crippen LogP contribution is 2.06. The molecule has 0 spiro atoms. The Bertz CT molecular complexity index is 119. The number of hydrogen-bond donors (Lipinski definition) is 4. The van der Waals surface area contributed by atoms with E-state index < -0.39 is 24.9 Å². The molecule has 0 bridgehead atoms. The molecule has 5 heteroatoms. The first kappa shape index (κ1) is 12.8. The van der Waals surface area contributed by atoms with Crippen molar-refractivity contribution in [2.45, 2.75) is 31.7 Å². The minimum absolute atomic E-state index is 0.00171. The minimum atomic E-state index is -0.968. The van der Waals surface area contributed by atoms with Crippen molar-refractivity contribution < 1.29 is 25.2 Å². The van der Waals surface area contributed by atoms with Gasteiger partial charge in [-0.2, -0.15) is 0 Å². The normalized spacial score (nSPS) is 18.2. The number of rotatable bonds is 7. The number of aliphatic hydroxyl groups excluding tert-OH is 4. The van der Waals surface area contributed by atoms with Crippen LogP contribution in [0.4, 0.5) is 0 Å². The van der Waals surface area contributed by atoms with Crippen LogP contribution in [0.3, 0.4) is 0 Å². The first-order valence-corrected chi connectivity index (χ1v) is 4.35. The van der Waals surface area contributed by atoms with Crippen molar-refractivity contribution in [3.63, 3.8) is 0 Å². The molecule has 0 aromatic rings. The molecule has 0 heterocycles. The molecule has 0 saturated heterocycles. The van der Waals surface area contributed by atoms with Crippen LogP contribution in [0.2, 0.25) is 0 Å². The molecule has 0 aromatic carbocycles. The second-order valence-corrected chi connectivity index (χ2v) is 2.82. The lowest BCUT2D eigenvalue weighted by Gasteiger charge is -2.22. The molecule has 0 aromatic heterocycles. The van der Waals surface area contributed by atoms with Crippen LogP contribution in [0.5, 0.6) is 0 Å². The fourth-order valence-corrected chi connectivity index (χ4v) is 1.00. The molecule has 0 aliphatic rings. The molecular formula is C8H18O5. The Hall–Kier alpha value is -0.200. The number of aliphatic hydroxyl groups is 4. The second kappa shape index (κ2) is 7.23. The summed E-state index contributed by atoms with van der Waals surface area (Å²) in [5.74, 6) is 0. The van der Waals surface area contributed by atoms with Crippen molar-refractivity contribution in [1.29, 1.82) is 0 Å². The first-order chi connectivity index (χ1) is 6.15. The van der Waals surface area contributed by atoms with Crippen molar-refractivity contribution in [2.75, 3.05) is 19.8 Å². The van der Waals surface area contributed by atoms with E-state index in [2.05, 4.69) is 0 Å². The molecule has 4 N–H and O–H groups in total. The molecule has 0 fully saturated rings. The standard InChI is InChI=1S/C8H18O5/c1-2-13-8(5-10)7(12)3-6(11)4-9/h6-12H,2-5H2,1H3/t6?,7-,8?/m1/s1.